The van der Waals surface area contributed by atoms with E-state index in [4.69, 9.17) is 4.74 Å². The predicted molar refractivity (Wildman–Crippen MR) is 107 cm³/mol. The van der Waals surface area contributed by atoms with E-state index in [0.29, 0.717) is 18.9 Å². The second-order valence-corrected chi connectivity index (χ2v) is 8.54. The van der Waals surface area contributed by atoms with Gasteiger partial charge in [0.1, 0.15) is 5.75 Å². The molecule has 1 aromatic rings. The van der Waals surface area contributed by atoms with E-state index in [1.54, 1.807) is 7.11 Å². The first-order valence-electron chi connectivity index (χ1n) is 10.2. The van der Waals surface area contributed by atoms with Gasteiger partial charge in [0, 0.05) is 31.6 Å². The minimum absolute atomic E-state index is 0.0555. The van der Waals surface area contributed by atoms with Gasteiger partial charge in [0.15, 0.2) is 0 Å². The van der Waals surface area contributed by atoms with Crippen molar-refractivity contribution < 1.29 is 14.6 Å². The van der Waals surface area contributed by atoms with Gasteiger partial charge in [-0.15, -0.1) is 0 Å². The largest absolute Gasteiger partial charge is 0.496 e. The van der Waals surface area contributed by atoms with Gasteiger partial charge in [-0.25, -0.2) is 0 Å². The van der Waals surface area contributed by atoms with Crippen LogP contribution < -0.4 is 4.74 Å². The topological polar surface area (TPSA) is 53.0 Å². The van der Waals surface area contributed by atoms with E-state index in [2.05, 4.69) is 36.9 Å². The summed E-state index contributed by atoms with van der Waals surface area (Å²) in [6, 6.07) is 6.54. The van der Waals surface area contributed by atoms with Crippen LogP contribution in [-0.4, -0.2) is 60.7 Å². The number of aliphatic hydroxyl groups excluding tert-OH is 1. The standard InChI is InChI=1S/C22H34N2O3/c1-17(2)18-4-5-20(27-3)19(14-18)15-23-10-8-22(9-11-23)7-6-21(26)24(16-22)12-13-25/h4-5,14,17,25H,6-13,15-16H2,1-3H3. The molecule has 3 rings (SSSR count). The van der Waals surface area contributed by atoms with Gasteiger partial charge in [-0.05, 0) is 55.3 Å². The second kappa shape index (κ2) is 8.61. The maximum absolute atomic E-state index is 12.1. The van der Waals surface area contributed by atoms with Gasteiger partial charge in [-0.3, -0.25) is 9.69 Å². The Balaban J connectivity index is 1.63. The van der Waals surface area contributed by atoms with Crippen molar-refractivity contribution >= 4 is 5.91 Å². The zero-order chi connectivity index (χ0) is 19.4. The molecule has 2 heterocycles. The number of likely N-dealkylation sites (tertiary alicyclic amines) is 2. The summed E-state index contributed by atoms with van der Waals surface area (Å²) in [5.74, 6) is 1.68. The number of carbonyl (C=O) groups excluding carboxylic acids is 1. The molecular formula is C22H34N2O3. The highest BCUT2D eigenvalue weighted by molar-refractivity contribution is 5.77. The Bertz CT molecular complexity index is 651. The van der Waals surface area contributed by atoms with Gasteiger partial charge in [-0.2, -0.15) is 0 Å². The van der Waals surface area contributed by atoms with Crippen LogP contribution in [-0.2, 0) is 11.3 Å². The van der Waals surface area contributed by atoms with Crippen molar-refractivity contribution in [2.24, 2.45) is 5.41 Å². The molecule has 2 aliphatic heterocycles. The van der Waals surface area contributed by atoms with E-state index in [0.717, 1.165) is 51.2 Å². The molecule has 5 nitrogen and oxygen atoms in total. The molecule has 1 amide bonds. The van der Waals surface area contributed by atoms with E-state index in [9.17, 15) is 9.90 Å². The van der Waals surface area contributed by atoms with Crippen LogP contribution in [0, 0.1) is 5.41 Å². The molecule has 1 N–H and O–H groups in total. The van der Waals surface area contributed by atoms with E-state index in [1.807, 2.05) is 4.90 Å². The highest BCUT2D eigenvalue weighted by atomic mass is 16.5. The number of methoxy groups -OCH3 is 1. The van der Waals surface area contributed by atoms with Gasteiger partial charge in [0.05, 0.1) is 13.7 Å². The van der Waals surface area contributed by atoms with E-state index >= 15 is 0 Å². The molecule has 0 bridgehead atoms. The molecule has 150 valence electrons. The zero-order valence-corrected chi connectivity index (χ0v) is 17.0. The first-order valence-corrected chi connectivity index (χ1v) is 10.2. The Hall–Kier alpha value is -1.59. The lowest BCUT2D eigenvalue weighted by Gasteiger charge is -2.47. The normalized spacial score (nSPS) is 20.5. The molecule has 0 aromatic heterocycles. The average Bonchev–Trinajstić information content (AvgIpc) is 2.67. The number of nitrogens with zero attached hydrogens (tertiary/aromatic N) is 2. The monoisotopic (exact) mass is 374 g/mol. The number of ether oxygens (including phenoxy) is 1. The molecule has 2 fully saturated rings. The van der Waals surface area contributed by atoms with Crippen molar-refractivity contribution in [2.45, 2.75) is 52.0 Å². The first kappa shape index (κ1) is 20.2. The fourth-order valence-corrected chi connectivity index (χ4v) is 4.54. The fourth-order valence-electron chi connectivity index (χ4n) is 4.54. The number of hydrogen-bond donors (Lipinski definition) is 1. The molecule has 1 aromatic carbocycles. The Morgan fingerprint density at radius 3 is 2.59 bits per heavy atom. The number of carbonyl (C=O) groups is 1. The SMILES string of the molecule is COc1ccc(C(C)C)cc1CN1CCC2(CCC(=O)N(CCO)C2)CC1. The number of hydrogen-bond acceptors (Lipinski definition) is 4. The fraction of sp³-hybridized carbons (Fsp3) is 0.682. The Kier molecular flexibility index (Phi) is 6.43. The van der Waals surface area contributed by atoms with Gasteiger partial charge in [0.25, 0.3) is 0 Å². The number of β-amino-alcohol motifs (C(OH)–C–C–N with tert-alkyl or cyclic N) is 1. The molecule has 1 spiro atoms. The molecule has 0 radical (unpaired) electrons. The maximum Gasteiger partial charge on any atom is 0.222 e. The summed E-state index contributed by atoms with van der Waals surface area (Å²) < 4.78 is 5.59. The lowest BCUT2D eigenvalue weighted by Crippen LogP contribution is -2.51. The van der Waals surface area contributed by atoms with Gasteiger partial charge in [0.2, 0.25) is 5.91 Å². The summed E-state index contributed by atoms with van der Waals surface area (Å²) in [5, 5.41) is 9.23. The molecular weight excluding hydrogens is 340 g/mol. The van der Waals surface area contributed by atoms with Crippen molar-refractivity contribution in [3.05, 3.63) is 29.3 Å². The smallest absolute Gasteiger partial charge is 0.222 e. The first-order chi connectivity index (χ1) is 13.0. The minimum Gasteiger partial charge on any atom is -0.496 e. The lowest BCUT2D eigenvalue weighted by atomic mass is 9.72. The van der Waals surface area contributed by atoms with Gasteiger partial charge in [-0.1, -0.05) is 26.0 Å². The van der Waals surface area contributed by atoms with Crippen LogP contribution >= 0.6 is 0 Å². The predicted octanol–water partition coefficient (Wildman–Crippen LogP) is 3.02. The summed E-state index contributed by atoms with van der Waals surface area (Å²) in [6.07, 6.45) is 3.86. The highest BCUT2D eigenvalue weighted by Crippen LogP contribution is 2.40. The summed E-state index contributed by atoms with van der Waals surface area (Å²) in [5.41, 5.74) is 2.86. The molecule has 0 unspecified atom stereocenters. The number of aliphatic hydroxyl groups is 1. The molecule has 0 atom stereocenters. The van der Waals surface area contributed by atoms with Crippen LogP contribution in [0.15, 0.2) is 18.2 Å². The van der Waals surface area contributed by atoms with Crippen molar-refractivity contribution in [1.82, 2.24) is 9.80 Å². The van der Waals surface area contributed by atoms with Crippen LogP contribution in [0.3, 0.4) is 0 Å². The van der Waals surface area contributed by atoms with Crippen LogP contribution in [0.1, 0.15) is 56.6 Å². The highest BCUT2D eigenvalue weighted by Gasteiger charge is 2.40. The van der Waals surface area contributed by atoms with E-state index < -0.39 is 0 Å². The number of piperidine rings is 2. The number of benzene rings is 1. The van der Waals surface area contributed by atoms with Crippen molar-refractivity contribution in [2.75, 3.05) is 39.9 Å². The lowest BCUT2D eigenvalue weighted by molar-refractivity contribution is -0.139. The third kappa shape index (κ3) is 4.64. The Labute approximate surface area is 163 Å². The Morgan fingerprint density at radius 2 is 1.96 bits per heavy atom. The molecule has 27 heavy (non-hydrogen) atoms. The molecule has 0 saturated carbocycles. The third-order valence-electron chi connectivity index (χ3n) is 6.40. The second-order valence-electron chi connectivity index (χ2n) is 8.54. The molecule has 0 aliphatic carbocycles. The summed E-state index contributed by atoms with van der Waals surface area (Å²) in [7, 11) is 1.74. The van der Waals surface area contributed by atoms with Crippen molar-refractivity contribution in [3.8, 4) is 5.75 Å². The average molecular weight is 375 g/mol. The zero-order valence-electron chi connectivity index (χ0n) is 17.0. The van der Waals surface area contributed by atoms with Crippen LogP contribution in [0.25, 0.3) is 0 Å². The van der Waals surface area contributed by atoms with Crippen LogP contribution in [0.5, 0.6) is 5.75 Å². The summed E-state index contributed by atoms with van der Waals surface area (Å²) in [4.78, 5) is 16.4. The van der Waals surface area contributed by atoms with Crippen LogP contribution in [0.4, 0.5) is 0 Å². The molecule has 5 heteroatoms. The number of amides is 1. The van der Waals surface area contributed by atoms with E-state index in [1.165, 1.54) is 11.1 Å². The summed E-state index contributed by atoms with van der Waals surface area (Å²) >= 11 is 0. The van der Waals surface area contributed by atoms with Crippen molar-refractivity contribution in [1.29, 1.82) is 0 Å². The molecule has 2 saturated heterocycles. The van der Waals surface area contributed by atoms with Crippen molar-refractivity contribution in [3.63, 3.8) is 0 Å². The molecule has 2 aliphatic rings. The van der Waals surface area contributed by atoms with E-state index in [-0.39, 0.29) is 17.9 Å². The minimum atomic E-state index is 0.0555. The Morgan fingerprint density at radius 1 is 1.22 bits per heavy atom. The maximum atomic E-state index is 12.1. The summed E-state index contributed by atoms with van der Waals surface area (Å²) in [6.45, 7) is 8.80. The number of rotatable bonds is 6. The van der Waals surface area contributed by atoms with Gasteiger partial charge < -0.3 is 14.7 Å². The quantitative estimate of drug-likeness (QED) is 0.832. The van der Waals surface area contributed by atoms with Crippen LogP contribution in [0.2, 0.25) is 0 Å². The third-order valence-corrected chi connectivity index (χ3v) is 6.40. The van der Waals surface area contributed by atoms with Gasteiger partial charge >= 0.3 is 0 Å².